The molecule has 1 fully saturated rings. The highest BCUT2D eigenvalue weighted by Crippen LogP contribution is 2.26. The summed E-state index contributed by atoms with van der Waals surface area (Å²) in [6, 6.07) is 8.98. The van der Waals surface area contributed by atoms with Gasteiger partial charge in [-0.2, -0.15) is 0 Å². The smallest absolute Gasteiger partial charge is 0.119 e. The SMILES string of the molecule is COc1ccc(N(C)C2CCCCCC2N)cc1. The largest absolute Gasteiger partial charge is 0.497 e. The molecular formula is C15H24N2O. The first kappa shape index (κ1) is 13.2. The van der Waals surface area contributed by atoms with Crippen LogP contribution in [0.3, 0.4) is 0 Å². The van der Waals surface area contributed by atoms with E-state index < -0.39 is 0 Å². The van der Waals surface area contributed by atoms with Gasteiger partial charge in [0.25, 0.3) is 0 Å². The summed E-state index contributed by atoms with van der Waals surface area (Å²) in [5, 5.41) is 0. The van der Waals surface area contributed by atoms with Gasteiger partial charge in [-0.1, -0.05) is 19.3 Å². The Balaban J connectivity index is 2.10. The second-order valence-corrected chi connectivity index (χ2v) is 5.18. The number of ether oxygens (including phenoxy) is 1. The van der Waals surface area contributed by atoms with Crippen LogP contribution < -0.4 is 15.4 Å². The van der Waals surface area contributed by atoms with Gasteiger partial charge in [0, 0.05) is 24.8 Å². The summed E-state index contributed by atoms with van der Waals surface area (Å²) in [6.07, 6.45) is 6.22. The first-order valence-corrected chi connectivity index (χ1v) is 6.85. The minimum atomic E-state index is 0.291. The molecule has 2 rings (SSSR count). The molecule has 1 aromatic carbocycles. The van der Waals surface area contributed by atoms with Crippen LogP contribution in [0.1, 0.15) is 32.1 Å². The average Bonchev–Trinajstić information content (AvgIpc) is 2.63. The van der Waals surface area contributed by atoms with Gasteiger partial charge >= 0.3 is 0 Å². The fraction of sp³-hybridized carbons (Fsp3) is 0.600. The van der Waals surface area contributed by atoms with Crippen molar-refractivity contribution in [1.82, 2.24) is 0 Å². The van der Waals surface area contributed by atoms with Crippen LogP contribution in [-0.2, 0) is 0 Å². The molecule has 0 amide bonds. The van der Waals surface area contributed by atoms with E-state index in [1.165, 1.54) is 31.4 Å². The van der Waals surface area contributed by atoms with Gasteiger partial charge in [-0.25, -0.2) is 0 Å². The van der Waals surface area contributed by atoms with E-state index in [0.717, 1.165) is 12.2 Å². The van der Waals surface area contributed by atoms with Gasteiger partial charge in [0.15, 0.2) is 0 Å². The third-order valence-corrected chi connectivity index (χ3v) is 4.01. The van der Waals surface area contributed by atoms with Crippen molar-refractivity contribution in [3.63, 3.8) is 0 Å². The van der Waals surface area contributed by atoms with Crippen LogP contribution >= 0.6 is 0 Å². The van der Waals surface area contributed by atoms with Crippen LogP contribution in [0.5, 0.6) is 5.75 Å². The summed E-state index contributed by atoms with van der Waals surface area (Å²) in [7, 11) is 3.84. The third-order valence-electron chi connectivity index (χ3n) is 4.01. The Bertz CT molecular complexity index is 363. The Morgan fingerprint density at radius 2 is 1.78 bits per heavy atom. The minimum absolute atomic E-state index is 0.291. The highest BCUT2D eigenvalue weighted by Gasteiger charge is 2.24. The zero-order valence-electron chi connectivity index (χ0n) is 11.4. The van der Waals surface area contributed by atoms with Crippen molar-refractivity contribution in [3.8, 4) is 5.75 Å². The summed E-state index contributed by atoms with van der Waals surface area (Å²) in [4.78, 5) is 2.33. The molecule has 1 aromatic rings. The first-order chi connectivity index (χ1) is 8.72. The minimum Gasteiger partial charge on any atom is -0.497 e. The quantitative estimate of drug-likeness (QED) is 0.836. The third kappa shape index (κ3) is 2.96. The Morgan fingerprint density at radius 1 is 1.11 bits per heavy atom. The maximum absolute atomic E-state index is 6.31. The Morgan fingerprint density at radius 3 is 2.44 bits per heavy atom. The summed E-state index contributed by atoms with van der Waals surface area (Å²) < 4.78 is 5.19. The monoisotopic (exact) mass is 248 g/mol. The zero-order chi connectivity index (χ0) is 13.0. The van der Waals surface area contributed by atoms with Gasteiger partial charge in [0.05, 0.1) is 7.11 Å². The number of nitrogens with two attached hydrogens (primary N) is 1. The number of methoxy groups -OCH3 is 1. The first-order valence-electron chi connectivity index (χ1n) is 6.85. The molecule has 3 heteroatoms. The number of rotatable bonds is 3. The van der Waals surface area contributed by atoms with Crippen LogP contribution in [0.25, 0.3) is 0 Å². The molecule has 2 unspecified atom stereocenters. The van der Waals surface area contributed by atoms with Crippen molar-refractivity contribution in [2.75, 3.05) is 19.1 Å². The number of nitrogens with zero attached hydrogens (tertiary/aromatic N) is 1. The summed E-state index contributed by atoms with van der Waals surface area (Å²) in [5.41, 5.74) is 7.53. The van der Waals surface area contributed by atoms with Crippen molar-refractivity contribution in [3.05, 3.63) is 24.3 Å². The van der Waals surface area contributed by atoms with Gasteiger partial charge in [-0.3, -0.25) is 0 Å². The lowest BCUT2D eigenvalue weighted by Gasteiger charge is -2.33. The zero-order valence-corrected chi connectivity index (χ0v) is 11.4. The molecule has 0 aromatic heterocycles. The van der Waals surface area contributed by atoms with E-state index in [1.807, 2.05) is 12.1 Å². The molecule has 100 valence electrons. The van der Waals surface area contributed by atoms with E-state index in [2.05, 4.69) is 24.1 Å². The Kier molecular flexibility index (Phi) is 4.48. The molecule has 0 heterocycles. The average molecular weight is 248 g/mol. The predicted octanol–water partition coefficient (Wildman–Crippen LogP) is 2.79. The van der Waals surface area contributed by atoms with Gasteiger partial charge in [0.2, 0.25) is 0 Å². The summed E-state index contributed by atoms with van der Waals surface area (Å²) in [6.45, 7) is 0. The normalized spacial score (nSPS) is 24.4. The number of anilines is 1. The topological polar surface area (TPSA) is 38.5 Å². The van der Waals surface area contributed by atoms with Crippen molar-refractivity contribution in [1.29, 1.82) is 0 Å². The van der Waals surface area contributed by atoms with Crippen molar-refractivity contribution in [2.45, 2.75) is 44.2 Å². The molecule has 0 saturated heterocycles. The van der Waals surface area contributed by atoms with Crippen molar-refractivity contribution >= 4 is 5.69 Å². The van der Waals surface area contributed by atoms with Crippen LogP contribution in [0.4, 0.5) is 5.69 Å². The number of hydrogen-bond donors (Lipinski definition) is 1. The lowest BCUT2D eigenvalue weighted by Crippen LogP contribution is -2.45. The van der Waals surface area contributed by atoms with Gasteiger partial charge in [0.1, 0.15) is 5.75 Å². The maximum atomic E-state index is 6.31. The van der Waals surface area contributed by atoms with Gasteiger partial charge in [-0.15, -0.1) is 0 Å². The van der Waals surface area contributed by atoms with Crippen molar-refractivity contribution in [2.24, 2.45) is 5.73 Å². The van der Waals surface area contributed by atoms with Gasteiger partial charge in [-0.05, 0) is 37.1 Å². The molecule has 1 aliphatic carbocycles. The molecule has 0 radical (unpaired) electrons. The number of benzene rings is 1. The van der Waals surface area contributed by atoms with Crippen LogP contribution in [0, 0.1) is 0 Å². The fourth-order valence-electron chi connectivity index (χ4n) is 2.81. The lowest BCUT2D eigenvalue weighted by molar-refractivity contribution is 0.414. The van der Waals surface area contributed by atoms with E-state index in [1.54, 1.807) is 7.11 Å². The van der Waals surface area contributed by atoms with E-state index in [-0.39, 0.29) is 0 Å². The fourth-order valence-corrected chi connectivity index (χ4v) is 2.81. The molecule has 3 nitrogen and oxygen atoms in total. The molecule has 0 bridgehead atoms. The number of likely N-dealkylation sites (N-methyl/N-ethyl adjacent to an activating group) is 1. The molecule has 2 N–H and O–H groups in total. The summed E-state index contributed by atoms with van der Waals surface area (Å²) in [5.74, 6) is 0.900. The molecule has 1 saturated carbocycles. The lowest BCUT2D eigenvalue weighted by atomic mass is 10.0. The van der Waals surface area contributed by atoms with Crippen LogP contribution in [0.15, 0.2) is 24.3 Å². The Labute approximate surface area is 110 Å². The molecule has 1 aliphatic rings. The molecule has 18 heavy (non-hydrogen) atoms. The Hall–Kier alpha value is -1.22. The standard InChI is InChI=1S/C15H24N2O/c1-17(12-8-10-13(18-2)11-9-12)15-7-5-3-4-6-14(15)16/h8-11,14-15H,3-7,16H2,1-2H3. The van der Waals surface area contributed by atoms with Crippen molar-refractivity contribution < 1.29 is 4.74 Å². The predicted molar refractivity (Wildman–Crippen MR) is 76.2 cm³/mol. The second-order valence-electron chi connectivity index (χ2n) is 5.18. The highest BCUT2D eigenvalue weighted by atomic mass is 16.5. The molecule has 2 atom stereocenters. The van der Waals surface area contributed by atoms with E-state index in [9.17, 15) is 0 Å². The van der Waals surface area contributed by atoms with Crippen LogP contribution in [0.2, 0.25) is 0 Å². The molecule has 0 spiro atoms. The van der Waals surface area contributed by atoms with Gasteiger partial charge < -0.3 is 15.4 Å². The number of hydrogen-bond acceptors (Lipinski definition) is 3. The van der Waals surface area contributed by atoms with E-state index in [4.69, 9.17) is 10.5 Å². The molecular weight excluding hydrogens is 224 g/mol. The molecule has 0 aliphatic heterocycles. The maximum Gasteiger partial charge on any atom is 0.119 e. The van der Waals surface area contributed by atoms with Crippen LogP contribution in [-0.4, -0.2) is 26.2 Å². The summed E-state index contributed by atoms with van der Waals surface area (Å²) >= 11 is 0. The van der Waals surface area contributed by atoms with E-state index in [0.29, 0.717) is 12.1 Å². The van der Waals surface area contributed by atoms with E-state index >= 15 is 0 Å². The highest BCUT2D eigenvalue weighted by molar-refractivity contribution is 5.49. The second kappa shape index (κ2) is 6.10.